The molecule has 0 unspecified atom stereocenters. The molecule has 0 amide bonds. The van der Waals surface area contributed by atoms with Crippen LogP contribution in [0.1, 0.15) is 30.6 Å². The number of nitrogens with zero attached hydrogens (tertiary/aromatic N) is 2. The Bertz CT molecular complexity index is 666. The van der Waals surface area contributed by atoms with Gasteiger partial charge in [-0.05, 0) is 30.5 Å². The summed E-state index contributed by atoms with van der Waals surface area (Å²) in [4.78, 5) is 11.3. The maximum absolute atomic E-state index is 13.8. The first-order valence-corrected chi connectivity index (χ1v) is 6.64. The van der Waals surface area contributed by atoms with Gasteiger partial charge in [-0.3, -0.25) is 4.68 Å². The zero-order valence-corrected chi connectivity index (χ0v) is 11.8. The summed E-state index contributed by atoms with van der Waals surface area (Å²) in [7, 11) is 0. The van der Waals surface area contributed by atoms with Crippen molar-refractivity contribution in [3.05, 3.63) is 41.6 Å². The second-order valence-corrected chi connectivity index (χ2v) is 5.27. The Morgan fingerprint density at radius 1 is 1.38 bits per heavy atom. The average molecular weight is 294 g/mol. The largest absolute Gasteiger partial charge is 0.478 e. The van der Waals surface area contributed by atoms with Crippen LogP contribution in [0.15, 0.2) is 24.4 Å². The Balaban J connectivity index is 2.46. The van der Waals surface area contributed by atoms with E-state index in [1.54, 1.807) is 0 Å². The van der Waals surface area contributed by atoms with Gasteiger partial charge in [-0.25, -0.2) is 13.6 Å². The number of rotatable bonds is 5. The molecule has 0 saturated heterocycles. The fraction of sp³-hybridized carbons (Fsp3) is 0.333. The van der Waals surface area contributed by atoms with Crippen molar-refractivity contribution in [2.75, 3.05) is 0 Å². The molecule has 0 spiro atoms. The van der Waals surface area contributed by atoms with Crippen LogP contribution in [0.5, 0.6) is 0 Å². The van der Waals surface area contributed by atoms with E-state index < -0.39 is 17.6 Å². The molecule has 1 aromatic carbocycles. The maximum atomic E-state index is 13.8. The Hall–Kier alpha value is -2.24. The molecule has 1 aromatic heterocycles. The molecule has 4 nitrogen and oxygen atoms in total. The normalized spacial score (nSPS) is 11.1. The quantitative estimate of drug-likeness (QED) is 0.917. The third kappa shape index (κ3) is 3.45. The number of aromatic nitrogens is 2. The first-order chi connectivity index (χ1) is 9.88. The summed E-state index contributed by atoms with van der Waals surface area (Å²) in [5.41, 5.74) is -0.331. The Kier molecular flexibility index (Phi) is 4.35. The number of carboxylic acids is 1. The zero-order valence-electron chi connectivity index (χ0n) is 11.8. The van der Waals surface area contributed by atoms with Crippen LogP contribution in [0.2, 0.25) is 0 Å². The SMILES string of the molecule is CC(C)CCn1cc(C(=O)O)c(-c2cc(F)ccc2F)n1. The number of hydrogen-bond donors (Lipinski definition) is 1. The van der Waals surface area contributed by atoms with E-state index in [0.717, 1.165) is 24.6 Å². The molecule has 0 radical (unpaired) electrons. The molecule has 0 aliphatic carbocycles. The lowest BCUT2D eigenvalue weighted by atomic mass is 10.1. The first-order valence-electron chi connectivity index (χ1n) is 6.64. The van der Waals surface area contributed by atoms with Gasteiger partial charge in [-0.15, -0.1) is 0 Å². The second-order valence-electron chi connectivity index (χ2n) is 5.27. The smallest absolute Gasteiger partial charge is 0.339 e. The minimum atomic E-state index is -1.22. The monoisotopic (exact) mass is 294 g/mol. The van der Waals surface area contributed by atoms with E-state index in [-0.39, 0.29) is 16.8 Å². The van der Waals surface area contributed by atoms with E-state index in [1.807, 2.05) is 13.8 Å². The van der Waals surface area contributed by atoms with Crippen LogP contribution in [-0.4, -0.2) is 20.9 Å². The molecule has 0 bridgehead atoms. The van der Waals surface area contributed by atoms with E-state index in [0.29, 0.717) is 12.5 Å². The van der Waals surface area contributed by atoms with Crippen LogP contribution >= 0.6 is 0 Å². The third-order valence-electron chi connectivity index (χ3n) is 3.11. The Morgan fingerprint density at radius 2 is 2.10 bits per heavy atom. The van der Waals surface area contributed by atoms with Crippen molar-refractivity contribution in [3.63, 3.8) is 0 Å². The van der Waals surface area contributed by atoms with Crippen LogP contribution in [0.4, 0.5) is 8.78 Å². The van der Waals surface area contributed by atoms with Gasteiger partial charge in [-0.2, -0.15) is 5.10 Å². The number of benzene rings is 1. The van der Waals surface area contributed by atoms with Gasteiger partial charge in [0.25, 0.3) is 0 Å². The summed E-state index contributed by atoms with van der Waals surface area (Å²) >= 11 is 0. The number of aryl methyl sites for hydroxylation is 1. The molecule has 2 rings (SSSR count). The van der Waals surface area contributed by atoms with Gasteiger partial charge in [-0.1, -0.05) is 13.8 Å². The predicted octanol–water partition coefficient (Wildman–Crippen LogP) is 3.57. The van der Waals surface area contributed by atoms with Gasteiger partial charge in [0.15, 0.2) is 0 Å². The molecule has 0 aliphatic rings. The van der Waals surface area contributed by atoms with Gasteiger partial charge in [0.05, 0.1) is 0 Å². The highest BCUT2D eigenvalue weighted by Crippen LogP contribution is 2.26. The van der Waals surface area contributed by atoms with Gasteiger partial charge >= 0.3 is 5.97 Å². The van der Waals surface area contributed by atoms with E-state index in [2.05, 4.69) is 5.10 Å². The van der Waals surface area contributed by atoms with Crippen molar-refractivity contribution in [3.8, 4) is 11.3 Å². The first kappa shape index (κ1) is 15.2. The van der Waals surface area contributed by atoms with Crippen molar-refractivity contribution >= 4 is 5.97 Å². The van der Waals surface area contributed by atoms with Crippen LogP contribution < -0.4 is 0 Å². The zero-order chi connectivity index (χ0) is 15.6. The lowest BCUT2D eigenvalue weighted by Crippen LogP contribution is -2.02. The molecule has 112 valence electrons. The van der Waals surface area contributed by atoms with Crippen molar-refractivity contribution in [2.45, 2.75) is 26.8 Å². The topological polar surface area (TPSA) is 55.1 Å². The Labute approximate surface area is 121 Å². The minimum absolute atomic E-state index is 0.0525. The van der Waals surface area contributed by atoms with Gasteiger partial charge < -0.3 is 5.11 Å². The highest BCUT2D eigenvalue weighted by atomic mass is 19.1. The highest BCUT2D eigenvalue weighted by molar-refractivity contribution is 5.94. The summed E-state index contributed by atoms with van der Waals surface area (Å²) in [5, 5.41) is 13.3. The number of halogens is 2. The number of hydrogen-bond acceptors (Lipinski definition) is 2. The van der Waals surface area contributed by atoms with E-state index >= 15 is 0 Å². The molecule has 6 heteroatoms. The van der Waals surface area contributed by atoms with E-state index in [9.17, 15) is 18.7 Å². The molecule has 1 N–H and O–H groups in total. The average Bonchev–Trinajstić information content (AvgIpc) is 2.83. The number of aromatic carboxylic acids is 1. The fourth-order valence-electron chi connectivity index (χ4n) is 1.96. The minimum Gasteiger partial charge on any atom is -0.478 e. The molecule has 0 atom stereocenters. The van der Waals surface area contributed by atoms with Crippen LogP contribution in [-0.2, 0) is 6.54 Å². The molecule has 0 saturated carbocycles. The number of carbonyl (C=O) groups is 1. The summed E-state index contributed by atoms with van der Waals surface area (Å²) in [6.07, 6.45) is 2.16. The second kappa shape index (κ2) is 6.03. The Morgan fingerprint density at radius 3 is 2.71 bits per heavy atom. The third-order valence-corrected chi connectivity index (χ3v) is 3.11. The van der Waals surface area contributed by atoms with Crippen LogP contribution in [0.3, 0.4) is 0 Å². The van der Waals surface area contributed by atoms with E-state index in [1.165, 1.54) is 10.9 Å². The predicted molar refractivity (Wildman–Crippen MR) is 74.0 cm³/mol. The van der Waals surface area contributed by atoms with Crippen LogP contribution in [0.25, 0.3) is 11.3 Å². The summed E-state index contributed by atoms with van der Waals surface area (Å²) in [5.74, 6) is -2.13. The van der Waals surface area contributed by atoms with E-state index in [4.69, 9.17) is 0 Å². The lowest BCUT2D eigenvalue weighted by molar-refractivity contribution is 0.0697. The molecular formula is C15H16F2N2O2. The van der Waals surface area contributed by atoms with Crippen molar-refractivity contribution in [1.82, 2.24) is 9.78 Å². The summed E-state index contributed by atoms with van der Waals surface area (Å²) in [6, 6.07) is 2.90. The standard InChI is InChI=1S/C15H16F2N2O2/c1-9(2)5-6-19-8-12(15(20)21)14(18-19)11-7-10(16)3-4-13(11)17/h3-4,7-9H,5-6H2,1-2H3,(H,20,21). The van der Waals surface area contributed by atoms with Crippen LogP contribution in [0, 0.1) is 17.6 Å². The summed E-state index contributed by atoms with van der Waals surface area (Å²) < 4.78 is 28.6. The van der Waals surface area contributed by atoms with Gasteiger partial charge in [0, 0.05) is 18.3 Å². The fourth-order valence-corrected chi connectivity index (χ4v) is 1.96. The van der Waals surface area contributed by atoms with Crippen molar-refractivity contribution in [2.24, 2.45) is 5.92 Å². The molecular weight excluding hydrogens is 278 g/mol. The lowest BCUT2D eigenvalue weighted by Gasteiger charge is -2.04. The highest BCUT2D eigenvalue weighted by Gasteiger charge is 2.20. The van der Waals surface area contributed by atoms with Gasteiger partial charge in [0.2, 0.25) is 0 Å². The van der Waals surface area contributed by atoms with Crippen molar-refractivity contribution in [1.29, 1.82) is 0 Å². The molecule has 21 heavy (non-hydrogen) atoms. The number of carboxylic acid groups (broad SMARTS) is 1. The molecule has 0 aliphatic heterocycles. The summed E-state index contributed by atoms with van der Waals surface area (Å²) in [6.45, 7) is 4.60. The van der Waals surface area contributed by atoms with Gasteiger partial charge in [0.1, 0.15) is 22.9 Å². The molecule has 1 heterocycles. The molecule has 2 aromatic rings. The van der Waals surface area contributed by atoms with Crippen molar-refractivity contribution < 1.29 is 18.7 Å². The molecule has 0 fully saturated rings. The maximum Gasteiger partial charge on any atom is 0.339 e.